The van der Waals surface area contributed by atoms with Gasteiger partial charge >= 0.3 is 0 Å². The summed E-state index contributed by atoms with van der Waals surface area (Å²) in [5.41, 5.74) is 2.09. The molecule has 4 aliphatic carbocycles. The lowest BCUT2D eigenvalue weighted by atomic mass is 9.41. The highest BCUT2D eigenvalue weighted by Gasteiger charge is 2.65. The maximum absolute atomic E-state index is 10.8. The van der Waals surface area contributed by atoms with Gasteiger partial charge in [-0.15, -0.1) is 0 Å². The Hall–Kier alpha value is -0.600. The van der Waals surface area contributed by atoms with Crippen LogP contribution in [0.4, 0.5) is 0 Å². The van der Waals surface area contributed by atoms with Gasteiger partial charge in [0.2, 0.25) is 0 Å². The van der Waals surface area contributed by atoms with E-state index in [1.165, 1.54) is 32.1 Å². The molecular formula is C30H50O2. The van der Waals surface area contributed by atoms with Crippen molar-refractivity contribution in [2.24, 2.45) is 45.3 Å². The van der Waals surface area contributed by atoms with E-state index in [0.29, 0.717) is 34.0 Å². The van der Waals surface area contributed by atoms with E-state index in [1.54, 1.807) is 5.57 Å². The second kappa shape index (κ2) is 7.70. The van der Waals surface area contributed by atoms with Crippen LogP contribution in [0.15, 0.2) is 23.8 Å². The zero-order chi connectivity index (χ0) is 23.7. The summed E-state index contributed by atoms with van der Waals surface area (Å²) in [4.78, 5) is 0. The van der Waals surface area contributed by atoms with Gasteiger partial charge < -0.3 is 10.2 Å². The molecule has 2 N–H and O–H groups in total. The van der Waals surface area contributed by atoms with Crippen LogP contribution >= 0.6 is 0 Å². The van der Waals surface area contributed by atoms with Crippen molar-refractivity contribution in [2.45, 2.75) is 118 Å². The fraction of sp³-hybridized carbons (Fsp3) is 0.867. The minimum Gasteiger partial charge on any atom is -0.393 e. The van der Waals surface area contributed by atoms with Crippen molar-refractivity contribution in [2.75, 3.05) is 0 Å². The van der Waals surface area contributed by atoms with E-state index < -0.39 is 5.60 Å². The monoisotopic (exact) mass is 442 g/mol. The first-order valence-electron chi connectivity index (χ1n) is 13.5. The lowest BCUT2D eigenvalue weighted by Gasteiger charge is -2.64. The number of hydrogen-bond donors (Lipinski definition) is 2. The maximum atomic E-state index is 10.8. The number of rotatable bonds is 4. The fourth-order valence-corrected chi connectivity index (χ4v) is 9.39. The molecule has 3 fully saturated rings. The van der Waals surface area contributed by atoms with E-state index in [2.05, 4.69) is 53.7 Å². The summed E-state index contributed by atoms with van der Waals surface area (Å²) in [6, 6.07) is 0. The molecule has 0 aromatic rings. The SMILES string of the molecule is C[C@@H](C/C=C/C(C)(C)O)[C@@H]1CC[C@]2(C)C3=CC[C@H]4C(C)(C)[C@@H](O)CC[C@]4(C)[C@H]3CC[C@@]12C. The van der Waals surface area contributed by atoms with Gasteiger partial charge in [-0.05, 0) is 111 Å². The van der Waals surface area contributed by atoms with Crippen LogP contribution in [0.3, 0.4) is 0 Å². The Morgan fingerprint density at radius 1 is 1.06 bits per heavy atom. The van der Waals surface area contributed by atoms with E-state index in [4.69, 9.17) is 0 Å². The highest BCUT2D eigenvalue weighted by Crippen LogP contribution is 2.73. The standard InChI is InChI=1S/C30H50O2/c1-20(10-9-16-26(2,3)32)21-13-18-30(8)23-11-12-24-27(4,5)25(31)15-17-28(24,6)22(23)14-19-29(21,30)7/h9,11,16,20-22,24-25,31-32H,10,12-15,17-19H2,1-8H3/b16-9+/t20-,21-,22-,24-,25-,28+,29-,30+/m0/s1. The molecule has 0 spiro atoms. The molecule has 0 aromatic heterocycles. The van der Waals surface area contributed by atoms with E-state index >= 15 is 0 Å². The molecule has 8 atom stereocenters. The average Bonchev–Trinajstić information content (AvgIpc) is 2.96. The number of fused-ring (bicyclic) bond motifs is 5. The summed E-state index contributed by atoms with van der Waals surface area (Å²) in [6.07, 6.45) is 16.4. The molecule has 0 aromatic carbocycles. The Morgan fingerprint density at radius 3 is 2.41 bits per heavy atom. The number of allylic oxidation sites excluding steroid dienone is 3. The molecular weight excluding hydrogens is 392 g/mol. The molecule has 2 nitrogen and oxygen atoms in total. The first-order chi connectivity index (χ1) is 14.7. The second-order valence-corrected chi connectivity index (χ2v) is 14.1. The number of hydrogen-bond acceptors (Lipinski definition) is 2. The van der Waals surface area contributed by atoms with Crippen molar-refractivity contribution >= 4 is 0 Å². The molecule has 3 saturated carbocycles. The van der Waals surface area contributed by atoms with Gasteiger partial charge in [0, 0.05) is 0 Å². The third-order valence-electron chi connectivity index (χ3n) is 11.6. The van der Waals surface area contributed by atoms with Gasteiger partial charge in [-0.3, -0.25) is 0 Å². The van der Waals surface area contributed by atoms with Gasteiger partial charge in [-0.1, -0.05) is 65.3 Å². The van der Waals surface area contributed by atoms with Crippen LogP contribution in [0.5, 0.6) is 0 Å². The van der Waals surface area contributed by atoms with E-state index in [0.717, 1.165) is 25.2 Å². The van der Waals surface area contributed by atoms with Gasteiger partial charge in [0.25, 0.3) is 0 Å². The van der Waals surface area contributed by atoms with Gasteiger partial charge in [-0.2, -0.15) is 0 Å². The van der Waals surface area contributed by atoms with Crippen molar-refractivity contribution in [3.8, 4) is 0 Å². The topological polar surface area (TPSA) is 40.5 Å². The van der Waals surface area contributed by atoms with Crippen LogP contribution in [0.2, 0.25) is 0 Å². The largest absolute Gasteiger partial charge is 0.393 e. The Balaban J connectivity index is 1.62. The van der Waals surface area contributed by atoms with Crippen molar-refractivity contribution in [1.82, 2.24) is 0 Å². The van der Waals surface area contributed by atoms with E-state index in [-0.39, 0.29) is 11.5 Å². The molecule has 0 unspecified atom stereocenters. The van der Waals surface area contributed by atoms with Gasteiger partial charge in [0.15, 0.2) is 0 Å². The quantitative estimate of drug-likeness (QED) is 0.448. The van der Waals surface area contributed by atoms with Gasteiger partial charge in [0.1, 0.15) is 0 Å². The lowest BCUT2D eigenvalue weighted by Crippen LogP contribution is -2.58. The molecule has 0 aliphatic heterocycles. The van der Waals surface area contributed by atoms with Crippen molar-refractivity contribution in [3.63, 3.8) is 0 Å². The smallest absolute Gasteiger partial charge is 0.0771 e. The maximum Gasteiger partial charge on any atom is 0.0771 e. The molecule has 2 heteroatoms. The molecule has 4 rings (SSSR count). The Kier molecular flexibility index (Phi) is 5.90. The van der Waals surface area contributed by atoms with Crippen molar-refractivity contribution < 1.29 is 10.2 Å². The van der Waals surface area contributed by atoms with Crippen LogP contribution in [0.25, 0.3) is 0 Å². The van der Waals surface area contributed by atoms with Crippen molar-refractivity contribution in [1.29, 1.82) is 0 Å². The average molecular weight is 443 g/mol. The Bertz CT molecular complexity index is 785. The van der Waals surface area contributed by atoms with E-state index in [1.807, 2.05) is 19.9 Å². The zero-order valence-electron chi connectivity index (χ0n) is 22.2. The normalized spacial score (nSPS) is 46.9. The summed E-state index contributed by atoms with van der Waals surface area (Å²) in [6.45, 7) is 18.6. The molecule has 4 aliphatic rings. The minimum absolute atomic E-state index is 0.0101. The predicted octanol–water partition coefficient (Wildman–Crippen LogP) is 7.31. The summed E-state index contributed by atoms with van der Waals surface area (Å²) in [5.74, 6) is 2.67. The summed E-state index contributed by atoms with van der Waals surface area (Å²) in [7, 11) is 0. The molecule has 0 heterocycles. The number of aliphatic hydroxyl groups excluding tert-OH is 1. The fourth-order valence-electron chi connectivity index (χ4n) is 9.39. The lowest BCUT2D eigenvalue weighted by molar-refractivity contribution is -0.131. The summed E-state index contributed by atoms with van der Waals surface area (Å²) < 4.78 is 0. The molecule has 0 bridgehead atoms. The predicted molar refractivity (Wildman–Crippen MR) is 134 cm³/mol. The van der Waals surface area contributed by atoms with Gasteiger partial charge in [-0.25, -0.2) is 0 Å². The minimum atomic E-state index is -0.716. The van der Waals surface area contributed by atoms with E-state index in [9.17, 15) is 10.2 Å². The molecule has 182 valence electrons. The Labute approximate surface area is 198 Å². The first kappa shape index (κ1) is 24.5. The third-order valence-corrected chi connectivity index (χ3v) is 11.6. The van der Waals surface area contributed by atoms with Crippen LogP contribution in [0, 0.1) is 45.3 Å². The summed E-state index contributed by atoms with van der Waals surface area (Å²) >= 11 is 0. The second-order valence-electron chi connectivity index (χ2n) is 14.1. The highest BCUT2D eigenvalue weighted by atomic mass is 16.3. The third kappa shape index (κ3) is 3.49. The zero-order valence-corrected chi connectivity index (χ0v) is 22.2. The van der Waals surface area contributed by atoms with Crippen LogP contribution in [-0.2, 0) is 0 Å². The van der Waals surface area contributed by atoms with Crippen LogP contribution in [0.1, 0.15) is 107 Å². The summed E-state index contributed by atoms with van der Waals surface area (Å²) in [5, 5.41) is 20.9. The van der Waals surface area contributed by atoms with Crippen LogP contribution in [-0.4, -0.2) is 21.9 Å². The number of aliphatic hydroxyl groups is 2. The van der Waals surface area contributed by atoms with Crippen LogP contribution < -0.4 is 0 Å². The molecule has 32 heavy (non-hydrogen) atoms. The van der Waals surface area contributed by atoms with Crippen molar-refractivity contribution in [3.05, 3.63) is 23.8 Å². The molecule has 0 radical (unpaired) electrons. The van der Waals surface area contributed by atoms with Gasteiger partial charge in [0.05, 0.1) is 11.7 Å². The molecule has 0 amide bonds. The Morgan fingerprint density at radius 2 is 1.75 bits per heavy atom. The highest BCUT2D eigenvalue weighted by molar-refractivity contribution is 5.33. The first-order valence-corrected chi connectivity index (χ1v) is 13.5. The molecule has 0 saturated heterocycles.